The molecule has 3 aliphatic heterocycles. The van der Waals surface area contributed by atoms with Gasteiger partial charge in [-0.3, -0.25) is 4.90 Å². The fraction of sp³-hybridized carbons (Fsp3) is 0.650. The molecule has 1 saturated carbocycles. The van der Waals surface area contributed by atoms with Gasteiger partial charge in [0.1, 0.15) is 16.8 Å². The fourth-order valence-electron chi connectivity index (χ4n) is 5.41. The number of halogens is 1. The van der Waals surface area contributed by atoms with Crippen LogP contribution in [-0.2, 0) is 14.8 Å². The van der Waals surface area contributed by atoms with E-state index >= 15 is 0 Å². The summed E-state index contributed by atoms with van der Waals surface area (Å²) >= 11 is 0. The van der Waals surface area contributed by atoms with Crippen LogP contribution in [0.4, 0.5) is 4.39 Å². The highest BCUT2D eigenvalue weighted by Crippen LogP contribution is 2.54. The molecule has 150 valence electrons. The fourth-order valence-corrected chi connectivity index (χ4v) is 6.97. The van der Waals surface area contributed by atoms with Crippen molar-refractivity contribution >= 4 is 10.0 Å². The first kappa shape index (κ1) is 18.5. The molecule has 1 aromatic rings. The van der Waals surface area contributed by atoms with Crippen LogP contribution >= 0.6 is 0 Å². The van der Waals surface area contributed by atoms with Crippen LogP contribution in [0.15, 0.2) is 23.1 Å². The third-order valence-electron chi connectivity index (χ3n) is 7.21. The number of hydrogen-bond donors (Lipinski definition) is 0. The molecular formula is C20H24FN3O3S. The lowest BCUT2D eigenvalue weighted by Crippen LogP contribution is -2.70. The second-order valence-electron chi connectivity index (χ2n) is 9.12. The summed E-state index contributed by atoms with van der Waals surface area (Å²) in [6, 6.07) is 5.74. The van der Waals surface area contributed by atoms with E-state index in [2.05, 4.69) is 4.90 Å². The van der Waals surface area contributed by atoms with Gasteiger partial charge >= 0.3 is 0 Å². The number of benzene rings is 1. The summed E-state index contributed by atoms with van der Waals surface area (Å²) < 4.78 is 46.1. The lowest BCUT2D eigenvalue weighted by Gasteiger charge is -2.63. The van der Waals surface area contributed by atoms with Crippen molar-refractivity contribution in [2.75, 3.05) is 39.4 Å². The minimum Gasteiger partial charge on any atom is -0.380 e. The molecule has 0 atom stereocenters. The predicted molar refractivity (Wildman–Crippen MR) is 99.4 cm³/mol. The van der Waals surface area contributed by atoms with Crippen LogP contribution < -0.4 is 0 Å². The molecule has 1 aliphatic carbocycles. The summed E-state index contributed by atoms with van der Waals surface area (Å²) in [5, 5.41) is 9.19. The number of hydrogen-bond acceptors (Lipinski definition) is 5. The van der Waals surface area contributed by atoms with Crippen LogP contribution in [0.25, 0.3) is 0 Å². The Labute approximate surface area is 164 Å². The predicted octanol–water partition coefficient (Wildman–Crippen LogP) is 1.96. The first-order valence-corrected chi connectivity index (χ1v) is 11.3. The molecule has 0 N–H and O–H groups in total. The number of likely N-dealkylation sites (tertiary alicyclic amines) is 1. The van der Waals surface area contributed by atoms with Crippen molar-refractivity contribution in [2.24, 2.45) is 10.8 Å². The van der Waals surface area contributed by atoms with Gasteiger partial charge in [-0.05, 0) is 49.3 Å². The van der Waals surface area contributed by atoms with E-state index in [1.54, 1.807) is 0 Å². The lowest BCUT2D eigenvalue weighted by molar-refractivity contribution is -0.215. The molecule has 3 saturated heterocycles. The maximum Gasteiger partial charge on any atom is 0.244 e. The van der Waals surface area contributed by atoms with Gasteiger partial charge in [0.25, 0.3) is 0 Å². The monoisotopic (exact) mass is 405 g/mol. The van der Waals surface area contributed by atoms with Gasteiger partial charge in [0, 0.05) is 37.6 Å². The van der Waals surface area contributed by atoms with Crippen molar-refractivity contribution in [1.82, 2.24) is 9.21 Å². The Balaban J connectivity index is 1.20. The summed E-state index contributed by atoms with van der Waals surface area (Å²) in [5.74, 6) is -0.602. The first-order valence-electron chi connectivity index (χ1n) is 9.87. The maximum absolute atomic E-state index is 13.4. The van der Waals surface area contributed by atoms with Gasteiger partial charge < -0.3 is 4.74 Å². The zero-order valence-electron chi connectivity index (χ0n) is 15.7. The third-order valence-corrected chi connectivity index (χ3v) is 9.17. The van der Waals surface area contributed by atoms with Gasteiger partial charge in [0.2, 0.25) is 10.0 Å². The maximum atomic E-state index is 13.4. The second kappa shape index (κ2) is 6.23. The molecule has 0 aromatic heterocycles. The van der Waals surface area contributed by atoms with E-state index in [0.717, 1.165) is 64.1 Å². The second-order valence-corrected chi connectivity index (χ2v) is 11.0. The lowest BCUT2D eigenvalue weighted by atomic mass is 9.59. The quantitative estimate of drug-likeness (QED) is 0.769. The van der Waals surface area contributed by atoms with E-state index in [1.165, 1.54) is 10.4 Å². The Kier molecular flexibility index (Phi) is 4.12. The van der Waals surface area contributed by atoms with Crippen LogP contribution in [-0.4, -0.2) is 63.1 Å². The van der Waals surface area contributed by atoms with Gasteiger partial charge in [-0.15, -0.1) is 0 Å². The molecule has 0 unspecified atom stereocenters. The number of piperidine rings is 1. The molecule has 3 heterocycles. The van der Waals surface area contributed by atoms with Crippen LogP contribution in [0, 0.1) is 28.0 Å². The van der Waals surface area contributed by atoms with Crippen LogP contribution in [0.5, 0.6) is 0 Å². The van der Waals surface area contributed by atoms with Crippen LogP contribution in [0.3, 0.4) is 0 Å². The Morgan fingerprint density at radius 2 is 1.82 bits per heavy atom. The van der Waals surface area contributed by atoms with Gasteiger partial charge in [-0.25, -0.2) is 12.8 Å². The molecular weight excluding hydrogens is 381 g/mol. The van der Waals surface area contributed by atoms with E-state index in [1.807, 2.05) is 6.07 Å². The standard InChI is InChI=1S/C20H24FN3O3S/c21-16-1-2-18(15(7-16)10-22)28(25,26)24-5-3-19(4-6-24)8-17(9-19)23-11-20(12-23)13-27-14-20/h1-2,7,17H,3-6,8-9,11-14H2. The molecule has 6 nitrogen and oxygen atoms in total. The van der Waals surface area contributed by atoms with E-state index in [-0.39, 0.29) is 15.9 Å². The molecule has 5 rings (SSSR count). The van der Waals surface area contributed by atoms with Crippen molar-refractivity contribution in [3.8, 4) is 6.07 Å². The molecule has 0 bridgehead atoms. The highest BCUT2D eigenvalue weighted by atomic mass is 32.2. The number of sulfonamides is 1. The summed E-state index contributed by atoms with van der Waals surface area (Å²) in [4.78, 5) is 2.47. The normalized spacial score (nSPS) is 27.0. The number of nitriles is 1. The van der Waals surface area contributed by atoms with Gasteiger partial charge in [-0.2, -0.15) is 9.57 Å². The van der Waals surface area contributed by atoms with Gasteiger partial charge in [0.15, 0.2) is 0 Å². The third kappa shape index (κ3) is 2.79. The first-order chi connectivity index (χ1) is 13.3. The van der Waals surface area contributed by atoms with Crippen molar-refractivity contribution in [3.05, 3.63) is 29.6 Å². The van der Waals surface area contributed by atoms with E-state index in [4.69, 9.17) is 4.74 Å². The largest absolute Gasteiger partial charge is 0.380 e. The number of ether oxygens (including phenoxy) is 1. The van der Waals surface area contributed by atoms with Crippen molar-refractivity contribution in [3.63, 3.8) is 0 Å². The van der Waals surface area contributed by atoms with E-state index in [0.29, 0.717) is 24.5 Å². The smallest absolute Gasteiger partial charge is 0.244 e. The Morgan fingerprint density at radius 1 is 1.14 bits per heavy atom. The zero-order valence-corrected chi connectivity index (χ0v) is 16.5. The van der Waals surface area contributed by atoms with Crippen LogP contribution in [0.1, 0.15) is 31.2 Å². The summed E-state index contributed by atoms with van der Waals surface area (Å²) in [6.45, 7) is 5.04. The highest BCUT2D eigenvalue weighted by Gasteiger charge is 2.56. The van der Waals surface area contributed by atoms with Crippen molar-refractivity contribution < 1.29 is 17.5 Å². The van der Waals surface area contributed by atoms with Crippen molar-refractivity contribution in [1.29, 1.82) is 5.26 Å². The molecule has 1 aromatic carbocycles. The average molecular weight is 405 g/mol. The molecule has 28 heavy (non-hydrogen) atoms. The van der Waals surface area contributed by atoms with Crippen LogP contribution in [0.2, 0.25) is 0 Å². The Morgan fingerprint density at radius 3 is 2.39 bits per heavy atom. The molecule has 0 amide bonds. The van der Waals surface area contributed by atoms with E-state index < -0.39 is 15.8 Å². The SMILES string of the molecule is N#Cc1cc(F)ccc1S(=O)(=O)N1CCC2(CC1)CC(N1CC3(COC3)C1)C2. The highest BCUT2D eigenvalue weighted by molar-refractivity contribution is 7.89. The summed E-state index contributed by atoms with van der Waals surface area (Å²) in [5.41, 5.74) is 0.570. The van der Waals surface area contributed by atoms with Gasteiger partial charge in [-0.1, -0.05) is 0 Å². The molecule has 8 heteroatoms. The summed E-state index contributed by atoms with van der Waals surface area (Å²) in [6.07, 6.45) is 4.01. The topological polar surface area (TPSA) is 73.6 Å². The number of rotatable bonds is 3. The van der Waals surface area contributed by atoms with E-state index in [9.17, 15) is 18.1 Å². The minimum atomic E-state index is -3.77. The Bertz CT molecular complexity index is 930. The average Bonchev–Trinajstić information content (AvgIpc) is 2.58. The minimum absolute atomic E-state index is 0.0903. The molecule has 4 aliphatic rings. The molecule has 0 radical (unpaired) electrons. The molecule has 2 spiro atoms. The van der Waals surface area contributed by atoms with Gasteiger partial charge in [0.05, 0.1) is 18.8 Å². The Hall–Kier alpha value is -1.53. The number of nitrogens with zero attached hydrogens (tertiary/aromatic N) is 3. The molecule has 4 fully saturated rings. The zero-order chi connectivity index (χ0) is 19.6. The summed E-state index contributed by atoms with van der Waals surface area (Å²) in [7, 11) is -3.77. The van der Waals surface area contributed by atoms with Crippen molar-refractivity contribution in [2.45, 2.75) is 36.6 Å².